The standard InChI is InChI=1S/C12H16N2O/c1-2-4-10(5-3-1)8-11-9-14-12(15-11)6-7-13-14/h6-7,9-10H,1-5,8H2. The highest BCUT2D eigenvalue weighted by Gasteiger charge is 2.16. The summed E-state index contributed by atoms with van der Waals surface area (Å²) in [5.41, 5.74) is 0.862. The lowest BCUT2D eigenvalue weighted by molar-refractivity contribution is 0.337. The predicted molar refractivity (Wildman–Crippen MR) is 57.7 cm³/mol. The van der Waals surface area contributed by atoms with Crippen molar-refractivity contribution >= 4 is 5.71 Å². The maximum absolute atomic E-state index is 5.71. The molecule has 0 bridgehead atoms. The third kappa shape index (κ3) is 1.78. The van der Waals surface area contributed by atoms with Crippen molar-refractivity contribution in [3.63, 3.8) is 0 Å². The summed E-state index contributed by atoms with van der Waals surface area (Å²) in [7, 11) is 0. The molecule has 1 aliphatic carbocycles. The maximum Gasteiger partial charge on any atom is 0.221 e. The van der Waals surface area contributed by atoms with Crippen LogP contribution >= 0.6 is 0 Å². The molecule has 1 saturated carbocycles. The van der Waals surface area contributed by atoms with Gasteiger partial charge in [-0.1, -0.05) is 32.1 Å². The second-order valence-electron chi connectivity index (χ2n) is 4.52. The molecule has 2 heterocycles. The Morgan fingerprint density at radius 3 is 3.00 bits per heavy atom. The lowest BCUT2D eigenvalue weighted by Gasteiger charge is -2.19. The minimum Gasteiger partial charge on any atom is -0.442 e. The van der Waals surface area contributed by atoms with Crippen LogP contribution in [0, 0.1) is 5.92 Å². The molecule has 0 radical (unpaired) electrons. The highest BCUT2D eigenvalue weighted by molar-refractivity contribution is 5.32. The largest absolute Gasteiger partial charge is 0.442 e. The third-order valence-corrected chi connectivity index (χ3v) is 3.35. The molecule has 2 aromatic rings. The van der Waals surface area contributed by atoms with Gasteiger partial charge in [0, 0.05) is 12.5 Å². The Balaban J connectivity index is 1.74. The summed E-state index contributed by atoms with van der Waals surface area (Å²) in [6.45, 7) is 0. The van der Waals surface area contributed by atoms with Crippen molar-refractivity contribution in [1.29, 1.82) is 0 Å². The van der Waals surface area contributed by atoms with Crippen molar-refractivity contribution in [2.24, 2.45) is 5.92 Å². The summed E-state index contributed by atoms with van der Waals surface area (Å²) in [5.74, 6) is 1.92. The number of hydrogen-bond donors (Lipinski definition) is 0. The molecule has 1 fully saturated rings. The van der Waals surface area contributed by atoms with Crippen molar-refractivity contribution in [2.45, 2.75) is 38.5 Å². The van der Waals surface area contributed by atoms with Gasteiger partial charge in [0.15, 0.2) is 0 Å². The average molecular weight is 204 g/mol. The molecule has 1 aliphatic rings. The van der Waals surface area contributed by atoms with Crippen LogP contribution in [-0.4, -0.2) is 9.61 Å². The summed E-state index contributed by atoms with van der Waals surface area (Å²) in [6, 6.07) is 1.91. The number of fused-ring (bicyclic) bond motifs is 1. The van der Waals surface area contributed by atoms with Crippen molar-refractivity contribution < 1.29 is 4.42 Å². The van der Waals surface area contributed by atoms with Crippen LogP contribution in [0.3, 0.4) is 0 Å². The zero-order chi connectivity index (χ0) is 10.1. The summed E-state index contributed by atoms with van der Waals surface area (Å²) in [4.78, 5) is 0. The van der Waals surface area contributed by atoms with Crippen LogP contribution in [0.5, 0.6) is 0 Å². The summed E-state index contributed by atoms with van der Waals surface area (Å²) in [5, 5.41) is 4.16. The van der Waals surface area contributed by atoms with Crippen LogP contribution in [0.2, 0.25) is 0 Å². The van der Waals surface area contributed by atoms with Gasteiger partial charge in [0.2, 0.25) is 5.71 Å². The van der Waals surface area contributed by atoms with E-state index in [4.69, 9.17) is 4.42 Å². The minimum atomic E-state index is 0.828. The first-order valence-electron chi connectivity index (χ1n) is 5.84. The molecule has 3 rings (SSSR count). The maximum atomic E-state index is 5.71. The van der Waals surface area contributed by atoms with Crippen molar-refractivity contribution in [3.05, 3.63) is 24.2 Å². The second kappa shape index (κ2) is 3.72. The van der Waals surface area contributed by atoms with E-state index in [0.29, 0.717) is 0 Å². The molecule has 15 heavy (non-hydrogen) atoms. The zero-order valence-electron chi connectivity index (χ0n) is 8.85. The molecule has 0 spiro atoms. The van der Waals surface area contributed by atoms with Crippen LogP contribution < -0.4 is 0 Å². The molecule has 0 unspecified atom stereocenters. The lowest BCUT2D eigenvalue weighted by Crippen LogP contribution is -2.08. The van der Waals surface area contributed by atoms with Gasteiger partial charge in [-0.25, -0.2) is 4.52 Å². The van der Waals surface area contributed by atoms with Crippen LogP contribution in [0.25, 0.3) is 5.71 Å². The number of oxazole rings is 1. The van der Waals surface area contributed by atoms with Gasteiger partial charge in [0.05, 0.1) is 12.4 Å². The third-order valence-electron chi connectivity index (χ3n) is 3.35. The van der Waals surface area contributed by atoms with Crippen molar-refractivity contribution in [1.82, 2.24) is 9.61 Å². The lowest BCUT2D eigenvalue weighted by atomic mass is 9.86. The Hall–Kier alpha value is -1.25. The molecule has 0 atom stereocenters. The van der Waals surface area contributed by atoms with E-state index in [9.17, 15) is 0 Å². The van der Waals surface area contributed by atoms with E-state index in [1.807, 2.05) is 16.8 Å². The predicted octanol–water partition coefficient (Wildman–Crippen LogP) is 3.05. The fourth-order valence-electron chi connectivity index (χ4n) is 2.55. The molecule has 0 saturated heterocycles. The summed E-state index contributed by atoms with van der Waals surface area (Å²) < 4.78 is 7.53. The zero-order valence-corrected chi connectivity index (χ0v) is 8.85. The quantitative estimate of drug-likeness (QED) is 0.752. The topological polar surface area (TPSA) is 30.4 Å². The molecule has 0 amide bonds. The van der Waals surface area contributed by atoms with Gasteiger partial charge in [0.1, 0.15) is 5.76 Å². The van der Waals surface area contributed by atoms with Gasteiger partial charge in [-0.3, -0.25) is 0 Å². The van der Waals surface area contributed by atoms with E-state index in [1.54, 1.807) is 6.20 Å². The molecule has 3 nitrogen and oxygen atoms in total. The van der Waals surface area contributed by atoms with Gasteiger partial charge >= 0.3 is 0 Å². The van der Waals surface area contributed by atoms with Crippen LogP contribution in [0.15, 0.2) is 22.9 Å². The first-order valence-corrected chi connectivity index (χ1v) is 5.84. The normalized spacial score (nSPS) is 18.7. The molecule has 3 heteroatoms. The van der Waals surface area contributed by atoms with Gasteiger partial charge in [-0.2, -0.15) is 5.10 Å². The Kier molecular flexibility index (Phi) is 2.24. The van der Waals surface area contributed by atoms with Crippen molar-refractivity contribution in [3.8, 4) is 0 Å². The van der Waals surface area contributed by atoms with Crippen molar-refractivity contribution in [2.75, 3.05) is 0 Å². The molecule has 80 valence electrons. The van der Waals surface area contributed by atoms with Gasteiger partial charge in [-0.15, -0.1) is 0 Å². The molecular formula is C12H16N2O. The van der Waals surface area contributed by atoms with E-state index < -0.39 is 0 Å². The van der Waals surface area contributed by atoms with Gasteiger partial charge in [0.25, 0.3) is 0 Å². The Labute approximate surface area is 89.1 Å². The molecule has 2 aromatic heterocycles. The Morgan fingerprint density at radius 2 is 2.20 bits per heavy atom. The van der Waals surface area contributed by atoms with Crippen LogP contribution in [0.1, 0.15) is 37.9 Å². The fourth-order valence-corrected chi connectivity index (χ4v) is 2.55. The minimum absolute atomic E-state index is 0.828. The van der Waals surface area contributed by atoms with E-state index >= 15 is 0 Å². The molecule has 0 aromatic carbocycles. The van der Waals surface area contributed by atoms with E-state index in [2.05, 4.69) is 5.10 Å². The monoisotopic (exact) mass is 204 g/mol. The number of aromatic nitrogens is 2. The highest BCUT2D eigenvalue weighted by atomic mass is 16.4. The molecule has 0 N–H and O–H groups in total. The fraction of sp³-hybridized carbons (Fsp3) is 0.583. The van der Waals surface area contributed by atoms with Gasteiger partial charge in [-0.05, 0) is 5.92 Å². The Morgan fingerprint density at radius 1 is 1.33 bits per heavy atom. The van der Waals surface area contributed by atoms with E-state index in [-0.39, 0.29) is 0 Å². The number of hydrogen-bond acceptors (Lipinski definition) is 2. The average Bonchev–Trinajstić information content (AvgIpc) is 2.79. The Bertz CT molecular complexity index is 409. The summed E-state index contributed by atoms with van der Waals surface area (Å²) in [6.07, 6.45) is 11.8. The van der Waals surface area contributed by atoms with Gasteiger partial charge < -0.3 is 4.42 Å². The van der Waals surface area contributed by atoms with Crippen LogP contribution in [0.4, 0.5) is 0 Å². The highest BCUT2D eigenvalue weighted by Crippen LogP contribution is 2.27. The molecular weight excluding hydrogens is 188 g/mol. The smallest absolute Gasteiger partial charge is 0.221 e. The molecule has 0 aliphatic heterocycles. The van der Waals surface area contributed by atoms with E-state index in [1.165, 1.54) is 32.1 Å². The second-order valence-corrected chi connectivity index (χ2v) is 4.52. The SMILES string of the molecule is c1cc2oc(CC3CCCCC3)cn2n1. The first-order chi connectivity index (χ1) is 7.42. The first kappa shape index (κ1) is 9.01. The van der Waals surface area contributed by atoms with Crippen LogP contribution in [-0.2, 0) is 6.42 Å². The van der Waals surface area contributed by atoms with E-state index in [0.717, 1.165) is 23.8 Å². The summed E-state index contributed by atoms with van der Waals surface area (Å²) >= 11 is 0. The number of nitrogens with zero attached hydrogens (tertiary/aromatic N) is 2. The number of rotatable bonds is 2.